The Labute approximate surface area is 186 Å². The van der Waals surface area contributed by atoms with Crippen molar-refractivity contribution in [1.82, 2.24) is 20.1 Å². The molecule has 0 aromatic heterocycles. The van der Waals surface area contributed by atoms with Crippen molar-refractivity contribution in [3.8, 4) is 0 Å². The van der Waals surface area contributed by atoms with E-state index in [1.165, 1.54) is 11.0 Å². The number of imide groups is 1. The van der Waals surface area contributed by atoms with E-state index in [1.807, 2.05) is 0 Å². The van der Waals surface area contributed by atoms with Crippen LogP contribution in [0, 0.1) is 0 Å². The first-order valence-corrected chi connectivity index (χ1v) is 10.2. The van der Waals surface area contributed by atoms with Gasteiger partial charge in [0.15, 0.2) is 0 Å². The van der Waals surface area contributed by atoms with E-state index in [-0.39, 0.29) is 58.4 Å². The first-order valence-electron chi connectivity index (χ1n) is 10.2. The molecule has 0 radical (unpaired) electrons. The maximum Gasteiger partial charge on any atom is 0.333 e. The molecule has 1 rings (SSSR count). The van der Waals surface area contributed by atoms with Crippen LogP contribution < -0.4 is 0 Å². The monoisotopic (exact) mass is 454 g/mol. The average molecular weight is 454 g/mol. The molecule has 178 valence electrons. The van der Waals surface area contributed by atoms with Crippen LogP contribution in [0.2, 0.25) is 0 Å². The Kier molecular flexibility index (Phi) is 11.8. The lowest BCUT2D eigenvalue weighted by Crippen LogP contribution is -2.43. The Balaban J connectivity index is 2.64. The fraction of sp³-hybridized carbons (Fsp3) is 0.550. The lowest BCUT2D eigenvalue weighted by Gasteiger charge is -2.26. The van der Waals surface area contributed by atoms with Crippen molar-refractivity contribution >= 4 is 29.6 Å². The quantitative estimate of drug-likeness (QED) is 0.131. The minimum atomic E-state index is -0.911. The summed E-state index contributed by atoms with van der Waals surface area (Å²) < 4.78 is 0. The van der Waals surface area contributed by atoms with Crippen molar-refractivity contribution < 1.29 is 39.2 Å². The normalized spacial score (nSPS) is 14.1. The largest absolute Gasteiger partial charge is 0.339 e. The van der Waals surface area contributed by atoms with Gasteiger partial charge in [-0.15, -0.1) is 5.06 Å². The minimum absolute atomic E-state index is 0.0344. The number of carbonyl (C=O) groups is 5. The van der Waals surface area contributed by atoms with Crippen LogP contribution in [-0.4, -0.2) is 92.8 Å². The lowest BCUT2D eigenvalue weighted by molar-refractivity contribution is -0.197. The molecule has 4 amide bonds. The molecular weight excluding hydrogens is 424 g/mol. The number of rotatable bonds is 13. The minimum Gasteiger partial charge on any atom is -0.339 e. The first kappa shape index (κ1) is 26.9. The van der Waals surface area contributed by atoms with Gasteiger partial charge in [0.05, 0.1) is 13.0 Å². The summed E-state index contributed by atoms with van der Waals surface area (Å²) in [7, 11) is 0. The second-order valence-electron chi connectivity index (χ2n) is 6.87. The van der Waals surface area contributed by atoms with Gasteiger partial charge in [0, 0.05) is 51.5 Å². The van der Waals surface area contributed by atoms with Crippen molar-refractivity contribution in [1.29, 1.82) is 0 Å². The van der Waals surface area contributed by atoms with Gasteiger partial charge in [-0.05, 0) is 13.8 Å². The topological polar surface area (TPSA) is 148 Å². The second-order valence-corrected chi connectivity index (χ2v) is 6.87. The van der Waals surface area contributed by atoms with E-state index in [1.54, 1.807) is 26.0 Å². The Hall–Kier alpha value is -3.09. The van der Waals surface area contributed by atoms with Crippen molar-refractivity contribution in [3.05, 3.63) is 24.3 Å². The summed E-state index contributed by atoms with van der Waals surface area (Å²) >= 11 is 0. The highest BCUT2D eigenvalue weighted by molar-refractivity contribution is 6.01. The van der Waals surface area contributed by atoms with E-state index in [0.29, 0.717) is 10.1 Å². The van der Waals surface area contributed by atoms with Crippen molar-refractivity contribution in [2.75, 3.05) is 32.7 Å². The number of hydrogen-bond donors (Lipinski definition) is 2. The third-order valence-corrected chi connectivity index (χ3v) is 4.42. The molecule has 0 atom stereocenters. The van der Waals surface area contributed by atoms with Gasteiger partial charge in [0.1, 0.15) is 0 Å². The third kappa shape index (κ3) is 9.37. The van der Waals surface area contributed by atoms with Gasteiger partial charge in [0.2, 0.25) is 5.91 Å². The standard InChI is InChI=1S/C20H30N4O8/c1-3-5-11-22(30)14-12-21(13-15-23(31)17(26)6-4-2)16(25)9-10-20(29)32-24-18(27)7-8-19(24)28/h3-6,30-31H,7-15H2,1-2H3/b5-3-,6-4-. The average Bonchev–Trinajstić information content (AvgIpc) is 3.07. The molecule has 1 aliphatic heterocycles. The van der Waals surface area contributed by atoms with Crippen molar-refractivity contribution in [2.24, 2.45) is 0 Å². The Morgan fingerprint density at radius 3 is 2.19 bits per heavy atom. The molecule has 0 spiro atoms. The molecule has 1 fully saturated rings. The predicted octanol–water partition coefficient (Wildman–Crippen LogP) is 0.264. The van der Waals surface area contributed by atoms with Gasteiger partial charge in [-0.1, -0.05) is 18.2 Å². The molecule has 1 saturated heterocycles. The lowest BCUT2D eigenvalue weighted by atomic mass is 10.2. The molecule has 12 heteroatoms. The van der Waals surface area contributed by atoms with Gasteiger partial charge < -0.3 is 14.9 Å². The molecule has 0 aromatic rings. The molecule has 0 unspecified atom stereocenters. The zero-order valence-electron chi connectivity index (χ0n) is 18.3. The van der Waals surface area contributed by atoms with Crippen LogP contribution in [0.25, 0.3) is 0 Å². The Morgan fingerprint density at radius 2 is 1.59 bits per heavy atom. The van der Waals surface area contributed by atoms with Crippen LogP contribution in [0.5, 0.6) is 0 Å². The summed E-state index contributed by atoms with van der Waals surface area (Å²) in [6.07, 6.45) is 5.35. The van der Waals surface area contributed by atoms with Gasteiger partial charge >= 0.3 is 5.97 Å². The SMILES string of the molecule is C/C=C\CN(O)CCN(CCN(O)C(=O)/C=C\C)C(=O)CCC(=O)ON1C(=O)CCC1=O. The summed E-state index contributed by atoms with van der Waals surface area (Å²) in [5, 5.41) is 21.5. The number of nitrogens with zero attached hydrogens (tertiary/aromatic N) is 4. The fourth-order valence-electron chi connectivity index (χ4n) is 2.64. The van der Waals surface area contributed by atoms with E-state index in [4.69, 9.17) is 4.84 Å². The van der Waals surface area contributed by atoms with Gasteiger partial charge in [-0.2, -0.15) is 5.06 Å². The highest BCUT2D eigenvalue weighted by Gasteiger charge is 2.33. The zero-order valence-corrected chi connectivity index (χ0v) is 18.3. The number of carbonyl (C=O) groups excluding carboxylic acids is 5. The molecule has 0 bridgehead atoms. The third-order valence-electron chi connectivity index (χ3n) is 4.42. The maximum atomic E-state index is 12.6. The number of allylic oxidation sites excluding steroid dienone is 2. The van der Waals surface area contributed by atoms with E-state index < -0.39 is 29.6 Å². The highest BCUT2D eigenvalue weighted by atomic mass is 16.7. The number of amides is 4. The van der Waals surface area contributed by atoms with Crippen molar-refractivity contribution in [2.45, 2.75) is 39.5 Å². The Bertz CT molecular complexity index is 736. The van der Waals surface area contributed by atoms with Crippen LogP contribution in [0.1, 0.15) is 39.5 Å². The summed E-state index contributed by atoms with van der Waals surface area (Å²) in [5.41, 5.74) is 0. The fourth-order valence-corrected chi connectivity index (χ4v) is 2.64. The smallest absolute Gasteiger partial charge is 0.333 e. The van der Waals surface area contributed by atoms with Crippen molar-refractivity contribution in [3.63, 3.8) is 0 Å². The van der Waals surface area contributed by atoms with Gasteiger partial charge in [-0.25, -0.2) is 9.86 Å². The molecule has 0 saturated carbocycles. The molecular formula is C20H30N4O8. The van der Waals surface area contributed by atoms with Crippen LogP contribution in [0.15, 0.2) is 24.3 Å². The first-order chi connectivity index (χ1) is 15.2. The van der Waals surface area contributed by atoms with E-state index in [0.717, 1.165) is 11.1 Å². The van der Waals surface area contributed by atoms with E-state index in [9.17, 15) is 34.4 Å². The molecule has 0 aliphatic carbocycles. The number of hydroxylamine groups is 6. The predicted molar refractivity (Wildman–Crippen MR) is 109 cm³/mol. The van der Waals surface area contributed by atoms with Crippen LogP contribution in [0.4, 0.5) is 0 Å². The van der Waals surface area contributed by atoms with Gasteiger partial charge in [0.25, 0.3) is 17.7 Å². The summed E-state index contributed by atoms with van der Waals surface area (Å²) in [4.78, 5) is 65.2. The van der Waals surface area contributed by atoms with E-state index in [2.05, 4.69) is 0 Å². The van der Waals surface area contributed by atoms with Gasteiger partial charge in [-0.3, -0.25) is 24.4 Å². The maximum absolute atomic E-state index is 12.6. The molecule has 32 heavy (non-hydrogen) atoms. The molecule has 2 N–H and O–H groups in total. The highest BCUT2D eigenvalue weighted by Crippen LogP contribution is 2.13. The van der Waals surface area contributed by atoms with Crippen LogP contribution in [0.3, 0.4) is 0 Å². The summed E-state index contributed by atoms with van der Waals surface area (Å²) in [6.45, 7) is 3.58. The van der Waals surface area contributed by atoms with Crippen LogP contribution in [-0.2, 0) is 28.8 Å². The zero-order chi connectivity index (χ0) is 24.1. The van der Waals surface area contributed by atoms with E-state index >= 15 is 0 Å². The second kappa shape index (κ2) is 14.1. The Morgan fingerprint density at radius 1 is 0.969 bits per heavy atom. The summed E-state index contributed by atoms with van der Waals surface area (Å²) in [5.74, 6) is -3.29. The summed E-state index contributed by atoms with van der Waals surface area (Å²) in [6, 6.07) is 0. The number of hydrogen-bond acceptors (Lipinski definition) is 9. The van der Waals surface area contributed by atoms with Crippen LogP contribution >= 0.6 is 0 Å². The molecule has 1 heterocycles. The molecule has 0 aromatic carbocycles. The molecule has 12 nitrogen and oxygen atoms in total. The molecule has 1 aliphatic rings.